The van der Waals surface area contributed by atoms with Gasteiger partial charge in [0.1, 0.15) is 5.75 Å². The average molecular weight is 391 g/mol. The largest absolute Gasteiger partial charge is 0.383 e. The fraction of sp³-hybridized carbons (Fsp3) is 0.350. The van der Waals surface area contributed by atoms with E-state index in [0.29, 0.717) is 6.54 Å². The van der Waals surface area contributed by atoms with Crippen molar-refractivity contribution in [2.75, 3.05) is 11.6 Å². The summed E-state index contributed by atoms with van der Waals surface area (Å²) in [6.45, 7) is 6.28. The van der Waals surface area contributed by atoms with Gasteiger partial charge in [0.25, 0.3) is 0 Å². The van der Waals surface area contributed by atoms with Crippen molar-refractivity contribution in [2.24, 2.45) is 0 Å². The summed E-state index contributed by atoms with van der Waals surface area (Å²) in [5.41, 5.74) is 2.54. The SMILES string of the molecule is CCC(C)N(Cc1cccc(OS(C)(=O)=O)c1)C(=O)Nc1ccccc1C. The topological polar surface area (TPSA) is 75.7 Å². The summed E-state index contributed by atoms with van der Waals surface area (Å²) in [6.07, 6.45) is 1.79. The van der Waals surface area contributed by atoms with Crippen molar-refractivity contribution < 1.29 is 17.4 Å². The molecular weight excluding hydrogens is 364 g/mol. The fourth-order valence-corrected chi connectivity index (χ4v) is 3.07. The van der Waals surface area contributed by atoms with Crippen LogP contribution < -0.4 is 9.50 Å². The van der Waals surface area contributed by atoms with Gasteiger partial charge in [-0.3, -0.25) is 0 Å². The molecule has 0 radical (unpaired) electrons. The molecule has 0 aliphatic carbocycles. The molecule has 0 bridgehead atoms. The number of rotatable bonds is 7. The van der Waals surface area contributed by atoms with Gasteiger partial charge in [-0.15, -0.1) is 0 Å². The number of amides is 2. The van der Waals surface area contributed by atoms with Crippen LogP contribution in [0, 0.1) is 6.92 Å². The number of carbonyl (C=O) groups is 1. The van der Waals surface area contributed by atoms with Gasteiger partial charge < -0.3 is 14.4 Å². The van der Waals surface area contributed by atoms with E-state index in [0.717, 1.165) is 29.5 Å². The van der Waals surface area contributed by atoms with E-state index in [2.05, 4.69) is 5.32 Å². The Hall–Kier alpha value is -2.54. The standard InChI is InChI=1S/C20H26N2O4S/c1-5-16(3)22(20(23)21-19-12-7-6-9-15(19)2)14-17-10-8-11-18(13-17)26-27(4,24)25/h6-13,16H,5,14H2,1-4H3,(H,21,23). The number of urea groups is 1. The quantitative estimate of drug-likeness (QED) is 0.720. The molecule has 7 heteroatoms. The van der Waals surface area contributed by atoms with Crippen LogP contribution in [-0.2, 0) is 16.7 Å². The Morgan fingerprint density at radius 2 is 1.89 bits per heavy atom. The molecule has 0 aromatic heterocycles. The summed E-state index contributed by atoms with van der Waals surface area (Å²) in [7, 11) is -3.60. The first-order valence-corrected chi connectivity index (χ1v) is 10.6. The second-order valence-electron chi connectivity index (χ2n) is 6.57. The predicted octanol–water partition coefficient (Wildman–Crippen LogP) is 4.17. The van der Waals surface area contributed by atoms with Crippen LogP contribution >= 0.6 is 0 Å². The molecule has 2 amide bonds. The Morgan fingerprint density at radius 3 is 2.52 bits per heavy atom. The Kier molecular flexibility index (Phi) is 6.85. The van der Waals surface area contributed by atoms with Gasteiger partial charge in [-0.2, -0.15) is 8.42 Å². The van der Waals surface area contributed by atoms with E-state index in [1.807, 2.05) is 51.1 Å². The van der Waals surface area contributed by atoms with Gasteiger partial charge in [0, 0.05) is 18.3 Å². The molecule has 1 unspecified atom stereocenters. The molecular formula is C20H26N2O4S. The van der Waals surface area contributed by atoms with Crippen molar-refractivity contribution in [1.82, 2.24) is 4.90 Å². The highest BCUT2D eigenvalue weighted by atomic mass is 32.2. The number of hydrogen-bond donors (Lipinski definition) is 1. The number of anilines is 1. The van der Waals surface area contributed by atoms with Crippen molar-refractivity contribution in [3.63, 3.8) is 0 Å². The van der Waals surface area contributed by atoms with Crippen LogP contribution in [0.4, 0.5) is 10.5 Å². The van der Waals surface area contributed by atoms with Crippen LogP contribution in [0.5, 0.6) is 5.75 Å². The van der Waals surface area contributed by atoms with Gasteiger partial charge in [-0.05, 0) is 49.6 Å². The smallest absolute Gasteiger partial charge is 0.322 e. The molecule has 1 atom stereocenters. The van der Waals surface area contributed by atoms with Crippen molar-refractivity contribution in [1.29, 1.82) is 0 Å². The summed E-state index contributed by atoms with van der Waals surface area (Å²) >= 11 is 0. The van der Waals surface area contributed by atoms with Crippen molar-refractivity contribution in [3.05, 3.63) is 59.7 Å². The third-order valence-electron chi connectivity index (χ3n) is 4.27. The highest BCUT2D eigenvalue weighted by molar-refractivity contribution is 7.86. The molecule has 146 valence electrons. The molecule has 0 aliphatic rings. The summed E-state index contributed by atoms with van der Waals surface area (Å²) in [4.78, 5) is 14.6. The molecule has 27 heavy (non-hydrogen) atoms. The Labute approximate surface area is 161 Å². The van der Waals surface area contributed by atoms with Crippen LogP contribution in [0.15, 0.2) is 48.5 Å². The van der Waals surface area contributed by atoms with Crippen molar-refractivity contribution in [2.45, 2.75) is 39.8 Å². The number of aryl methyl sites for hydroxylation is 1. The molecule has 0 aliphatic heterocycles. The minimum absolute atomic E-state index is 0.00787. The molecule has 1 N–H and O–H groups in total. The first-order chi connectivity index (χ1) is 12.7. The highest BCUT2D eigenvalue weighted by Gasteiger charge is 2.20. The predicted molar refractivity (Wildman–Crippen MR) is 107 cm³/mol. The van der Waals surface area contributed by atoms with Gasteiger partial charge in [0.2, 0.25) is 0 Å². The third kappa shape index (κ3) is 6.29. The van der Waals surface area contributed by atoms with Crippen molar-refractivity contribution >= 4 is 21.8 Å². The van der Waals surface area contributed by atoms with E-state index in [1.54, 1.807) is 23.1 Å². The van der Waals surface area contributed by atoms with Gasteiger partial charge >= 0.3 is 16.1 Å². The molecule has 0 heterocycles. The first-order valence-electron chi connectivity index (χ1n) is 8.81. The molecule has 2 aromatic carbocycles. The lowest BCUT2D eigenvalue weighted by Crippen LogP contribution is -2.40. The van der Waals surface area contributed by atoms with E-state index in [-0.39, 0.29) is 17.8 Å². The monoisotopic (exact) mass is 390 g/mol. The van der Waals surface area contributed by atoms with Crippen LogP contribution in [0.2, 0.25) is 0 Å². The van der Waals surface area contributed by atoms with Crippen LogP contribution in [-0.4, -0.2) is 31.6 Å². The molecule has 2 rings (SSSR count). The van der Waals surface area contributed by atoms with Gasteiger partial charge in [0.15, 0.2) is 0 Å². The van der Waals surface area contributed by atoms with Crippen molar-refractivity contribution in [3.8, 4) is 5.75 Å². The van der Waals surface area contributed by atoms with Gasteiger partial charge in [-0.25, -0.2) is 4.79 Å². The molecule has 0 spiro atoms. The minimum Gasteiger partial charge on any atom is -0.383 e. The Balaban J connectivity index is 2.21. The third-order valence-corrected chi connectivity index (χ3v) is 4.76. The van der Waals surface area contributed by atoms with Crippen LogP contribution in [0.1, 0.15) is 31.4 Å². The van der Waals surface area contributed by atoms with E-state index < -0.39 is 10.1 Å². The number of carbonyl (C=O) groups excluding carboxylic acids is 1. The summed E-state index contributed by atoms with van der Waals surface area (Å²) < 4.78 is 27.6. The van der Waals surface area contributed by atoms with Crippen LogP contribution in [0.3, 0.4) is 0 Å². The number of para-hydroxylation sites is 1. The Bertz CT molecular complexity index is 896. The zero-order valence-corrected chi connectivity index (χ0v) is 16.9. The van der Waals surface area contributed by atoms with Gasteiger partial charge in [0.05, 0.1) is 6.26 Å². The summed E-state index contributed by atoms with van der Waals surface area (Å²) in [6, 6.07) is 14.2. The number of hydrogen-bond acceptors (Lipinski definition) is 4. The second kappa shape index (κ2) is 8.90. The lowest BCUT2D eigenvalue weighted by Gasteiger charge is -2.29. The lowest BCUT2D eigenvalue weighted by atomic mass is 10.1. The maximum atomic E-state index is 12.9. The summed E-state index contributed by atoms with van der Waals surface area (Å²) in [5.74, 6) is 0.235. The second-order valence-corrected chi connectivity index (χ2v) is 8.14. The zero-order valence-electron chi connectivity index (χ0n) is 16.1. The first kappa shape index (κ1) is 20.8. The molecule has 2 aromatic rings. The molecule has 0 fully saturated rings. The number of nitrogens with zero attached hydrogens (tertiary/aromatic N) is 1. The summed E-state index contributed by atoms with van der Waals surface area (Å²) in [5, 5.41) is 2.96. The van der Waals surface area contributed by atoms with Gasteiger partial charge in [-0.1, -0.05) is 37.3 Å². The molecule has 6 nitrogen and oxygen atoms in total. The minimum atomic E-state index is -3.60. The Morgan fingerprint density at radius 1 is 1.19 bits per heavy atom. The molecule has 0 saturated heterocycles. The lowest BCUT2D eigenvalue weighted by molar-refractivity contribution is 0.187. The molecule has 0 saturated carbocycles. The average Bonchev–Trinajstić information content (AvgIpc) is 2.59. The van der Waals surface area contributed by atoms with E-state index in [9.17, 15) is 13.2 Å². The van der Waals surface area contributed by atoms with E-state index in [1.165, 1.54) is 0 Å². The maximum absolute atomic E-state index is 12.9. The maximum Gasteiger partial charge on any atom is 0.322 e. The van der Waals surface area contributed by atoms with Crippen LogP contribution in [0.25, 0.3) is 0 Å². The fourth-order valence-electron chi connectivity index (χ4n) is 2.62. The normalized spacial score (nSPS) is 12.3. The van der Waals surface area contributed by atoms with E-state index >= 15 is 0 Å². The van der Waals surface area contributed by atoms with E-state index in [4.69, 9.17) is 4.18 Å². The zero-order chi connectivity index (χ0) is 20.0. The number of nitrogens with one attached hydrogen (secondary N) is 1. The highest BCUT2D eigenvalue weighted by Crippen LogP contribution is 2.20. The number of benzene rings is 2.